The summed E-state index contributed by atoms with van der Waals surface area (Å²) in [7, 11) is 0. The maximum Gasteiger partial charge on any atom is 0.408 e. The van der Waals surface area contributed by atoms with Gasteiger partial charge in [0.25, 0.3) is 0 Å². The SMILES string of the molecule is CC(C)(NC(=O)OCc1ccccc1)C(N)=O.CSc1nccc(-c2oc(C(C)(C)NC(=O)OCc3ccccc3)nc2-c2ccc(F)cc2)n1.CSc1nccc(C(Br)C(=O)c2ccc(F)cc2)n1. The smallest absolute Gasteiger partial charge is 0.408 e. The number of thioether (sulfide) groups is 2. The van der Waals surface area contributed by atoms with E-state index in [1.165, 1.54) is 73.8 Å². The molecule has 7 aromatic rings. The highest BCUT2D eigenvalue weighted by Crippen LogP contribution is 2.35. The molecule has 7 rings (SSSR count). The molecule has 3 heterocycles. The molecule has 0 saturated heterocycles. The van der Waals surface area contributed by atoms with Gasteiger partial charge in [-0.2, -0.15) is 0 Å². The van der Waals surface area contributed by atoms with E-state index in [0.717, 1.165) is 11.1 Å². The number of ether oxygens (including phenoxy) is 2. The van der Waals surface area contributed by atoms with Crippen LogP contribution in [-0.2, 0) is 33.0 Å². The van der Waals surface area contributed by atoms with E-state index >= 15 is 0 Å². The molecule has 20 heteroatoms. The number of alkyl halides is 1. The molecule has 0 aliphatic rings. The molecule has 3 amide bonds. The van der Waals surface area contributed by atoms with Gasteiger partial charge in [-0.25, -0.2) is 43.3 Å². The molecule has 15 nitrogen and oxygen atoms in total. The molecular formula is C50H49BrF2N8O7S2. The predicted molar refractivity (Wildman–Crippen MR) is 267 cm³/mol. The Morgan fingerprint density at radius 2 is 1.19 bits per heavy atom. The third-order valence-electron chi connectivity index (χ3n) is 9.65. The Kier molecular flexibility index (Phi) is 19.7. The molecule has 3 aromatic heterocycles. The minimum absolute atomic E-state index is 0.138. The van der Waals surface area contributed by atoms with Gasteiger partial charge in [-0.05, 0) is 112 Å². The van der Waals surface area contributed by atoms with Gasteiger partial charge in [-0.1, -0.05) is 100 Å². The van der Waals surface area contributed by atoms with E-state index in [4.69, 9.17) is 19.6 Å². The maximum absolute atomic E-state index is 13.5. The van der Waals surface area contributed by atoms with Crippen LogP contribution in [-0.4, -0.2) is 66.8 Å². The van der Waals surface area contributed by atoms with Gasteiger partial charge in [-0.15, -0.1) is 0 Å². The first-order valence-electron chi connectivity index (χ1n) is 21.1. The number of nitrogens with zero attached hydrogens (tertiary/aromatic N) is 5. The first kappa shape index (κ1) is 53.9. The molecule has 0 aliphatic carbocycles. The lowest BCUT2D eigenvalue weighted by Crippen LogP contribution is -2.53. The number of hydrogen-bond acceptors (Lipinski definition) is 14. The monoisotopic (exact) mass is 1050 g/mol. The summed E-state index contributed by atoms with van der Waals surface area (Å²) in [6.07, 6.45) is 5.71. The quantitative estimate of drug-likeness (QED) is 0.0377. The molecule has 0 fully saturated rings. The number of ketones is 1. The van der Waals surface area contributed by atoms with Gasteiger partial charge in [0.1, 0.15) is 52.1 Å². The molecule has 0 spiro atoms. The first-order valence-corrected chi connectivity index (χ1v) is 24.5. The van der Waals surface area contributed by atoms with Gasteiger partial charge in [0.15, 0.2) is 21.9 Å². The zero-order valence-electron chi connectivity index (χ0n) is 38.8. The topological polar surface area (TPSA) is 214 Å². The van der Waals surface area contributed by atoms with Crippen LogP contribution in [0.4, 0.5) is 18.4 Å². The van der Waals surface area contributed by atoms with E-state index in [-0.39, 0.29) is 36.5 Å². The number of rotatable bonds is 15. The summed E-state index contributed by atoms with van der Waals surface area (Å²) in [5, 5.41) is 6.37. The highest BCUT2D eigenvalue weighted by molar-refractivity contribution is 9.09. The Hall–Kier alpha value is -7.03. The standard InChI is InChI=1S/C25H23FN4O3S.C13H10BrFN2OS.C12H16N2O3/c1-25(2,30-24(31)32-15-16-7-5-4-6-8-16)22-29-20(17-9-11-18(26)12-10-17)21(33-22)19-13-14-27-23(28-19)34-3;1-19-13-16-7-6-10(17-13)11(14)12(18)8-2-4-9(15)5-3-8;1-12(2,10(13)15)14-11(16)17-8-9-6-4-3-5-7-9/h4-14H,15H2,1-3H3,(H,30,31);2-7,11H,1H3;3-7H,8H2,1-2H3,(H2,13,15)(H,14,16). The van der Waals surface area contributed by atoms with Gasteiger partial charge in [0.2, 0.25) is 11.8 Å². The second-order valence-electron chi connectivity index (χ2n) is 15.8. The van der Waals surface area contributed by atoms with Gasteiger partial charge < -0.3 is 30.3 Å². The third kappa shape index (κ3) is 16.0. The Morgan fingerprint density at radius 1 is 0.686 bits per heavy atom. The van der Waals surface area contributed by atoms with Gasteiger partial charge in [0, 0.05) is 23.5 Å². The number of nitrogens with one attached hydrogen (secondary N) is 2. The molecule has 70 heavy (non-hydrogen) atoms. The average Bonchev–Trinajstić information content (AvgIpc) is 3.83. The third-order valence-corrected chi connectivity index (χ3v) is 11.7. The molecular weight excluding hydrogens is 1010 g/mol. The fraction of sp³-hybridized carbons (Fsp3) is 0.220. The van der Waals surface area contributed by atoms with E-state index in [1.807, 2.05) is 73.2 Å². The number of nitrogens with two attached hydrogens (primary N) is 1. The Morgan fingerprint density at radius 3 is 1.71 bits per heavy atom. The molecule has 0 radical (unpaired) electrons. The van der Waals surface area contributed by atoms with E-state index in [2.05, 4.69) is 51.5 Å². The van der Waals surface area contributed by atoms with Crippen molar-refractivity contribution >= 4 is 63.3 Å². The summed E-state index contributed by atoms with van der Waals surface area (Å²) in [6, 6.07) is 33.4. The van der Waals surface area contributed by atoms with Crippen molar-refractivity contribution < 1.29 is 41.8 Å². The minimum Gasteiger partial charge on any atom is -0.445 e. The van der Waals surface area contributed by atoms with Crippen LogP contribution in [0.25, 0.3) is 22.7 Å². The molecule has 0 saturated carbocycles. The van der Waals surface area contributed by atoms with Crippen LogP contribution in [0.5, 0.6) is 0 Å². The Balaban J connectivity index is 0.000000215. The number of amides is 3. The van der Waals surface area contributed by atoms with Crippen LogP contribution < -0.4 is 16.4 Å². The number of alkyl carbamates (subject to hydrolysis) is 2. The van der Waals surface area contributed by atoms with Gasteiger partial charge in [-0.3, -0.25) is 9.59 Å². The van der Waals surface area contributed by atoms with Crippen molar-refractivity contribution in [3.8, 4) is 22.7 Å². The number of primary amides is 1. The number of Topliss-reactive ketones (excluding diaryl/α,β-unsaturated/α-hetero) is 1. The van der Waals surface area contributed by atoms with Crippen LogP contribution in [0, 0.1) is 11.6 Å². The zero-order valence-corrected chi connectivity index (χ0v) is 42.0. The number of benzene rings is 4. The van der Waals surface area contributed by atoms with Crippen molar-refractivity contribution in [2.75, 3.05) is 12.5 Å². The van der Waals surface area contributed by atoms with Gasteiger partial charge >= 0.3 is 12.2 Å². The second kappa shape index (κ2) is 25.5. The fourth-order valence-corrected chi connectivity index (χ4v) is 7.00. The maximum atomic E-state index is 13.5. The summed E-state index contributed by atoms with van der Waals surface area (Å²) in [6.45, 7) is 6.83. The van der Waals surface area contributed by atoms with E-state index in [9.17, 15) is 28.0 Å². The van der Waals surface area contributed by atoms with Crippen molar-refractivity contribution in [2.24, 2.45) is 5.73 Å². The Bertz CT molecular complexity index is 2850. The number of hydrogen-bond donors (Lipinski definition) is 3. The van der Waals surface area contributed by atoms with Crippen molar-refractivity contribution in [1.29, 1.82) is 0 Å². The lowest BCUT2D eigenvalue weighted by molar-refractivity contribution is -0.123. The number of halogens is 3. The number of carbonyl (C=O) groups is 4. The van der Waals surface area contributed by atoms with Crippen LogP contribution in [0.1, 0.15) is 65.6 Å². The van der Waals surface area contributed by atoms with E-state index in [1.54, 1.807) is 50.5 Å². The molecule has 4 N–H and O–H groups in total. The first-order chi connectivity index (χ1) is 33.4. The highest BCUT2D eigenvalue weighted by Gasteiger charge is 2.32. The molecule has 4 aromatic carbocycles. The zero-order chi connectivity index (χ0) is 50.8. The highest BCUT2D eigenvalue weighted by atomic mass is 79.9. The van der Waals surface area contributed by atoms with Crippen LogP contribution in [0.3, 0.4) is 0 Å². The van der Waals surface area contributed by atoms with Gasteiger partial charge in [0.05, 0.1) is 5.69 Å². The van der Waals surface area contributed by atoms with Crippen molar-refractivity contribution in [3.05, 3.63) is 174 Å². The van der Waals surface area contributed by atoms with E-state index in [0.29, 0.717) is 44.3 Å². The fourth-order valence-electron chi connectivity index (χ4n) is 5.76. The largest absolute Gasteiger partial charge is 0.445 e. The summed E-state index contributed by atoms with van der Waals surface area (Å²) < 4.78 is 42.8. The van der Waals surface area contributed by atoms with E-state index < -0.39 is 34.0 Å². The van der Waals surface area contributed by atoms with Crippen LogP contribution >= 0.6 is 39.5 Å². The normalized spacial score (nSPS) is 11.4. The molecule has 0 aliphatic heterocycles. The van der Waals surface area contributed by atoms with Crippen molar-refractivity contribution in [2.45, 2.75) is 67.1 Å². The predicted octanol–water partition coefficient (Wildman–Crippen LogP) is 10.7. The summed E-state index contributed by atoms with van der Waals surface area (Å²) >= 11 is 6.13. The molecule has 364 valence electrons. The number of carbonyl (C=O) groups excluding carboxylic acids is 4. The lowest BCUT2D eigenvalue weighted by atomic mass is 10.1. The van der Waals surface area contributed by atoms with Crippen LogP contribution in [0.15, 0.2) is 148 Å². The summed E-state index contributed by atoms with van der Waals surface area (Å²) in [4.78, 5) is 68.2. The van der Waals surface area contributed by atoms with Crippen molar-refractivity contribution in [3.63, 3.8) is 0 Å². The van der Waals surface area contributed by atoms with Crippen molar-refractivity contribution in [1.82, 2.24) is 35.6 Å². The second-order valence-corrected chi connectivity index (χ2v) is 18.3. The Labute approximate surface area is 420 Å². The molecule has 0 bridgehead atoms. The number of oxazole rings is 1. The summed E-state index contributed by atoms with van der Waals surface area (Å²) in [5.74, 6) is -0.854. The number of aromatic nitrogens is 5. The molecule has 1 unspecified atom stereocenters. The van der Waals surface area contributed by atoms with Crippen LogP contribution in [0.2, 0.25) is 0 Å². The average molecular weight is 1060 g/mol. The minimum atomic E-state index is -1.12. The summed E-state index contributed by atoms with van der Waals surface area (Å²) in [5.41, 5.74) is 7.43. The molecule has 1 atom stereocenters. The lowest BCUT2D eigenvalue weighted by Gasteiger charge is -2.22.